The summed E-state index contributed by atoms with van der Waals surface area (Å²) in [6.07, 6.45) is -3.58. The van der Waals surface area contributed by atoms with Crippen LogP contribution in [0.1, 0.15) is 0 Å². The van der Waals surface area contributed by atoms with Crippen molar-refractivity contribution < 1.29 is 20.1 Å². The molecule has 0 bridgehead atoms. The van der Waals surface area contributed by atoms with E-state index in [2.05, 4.69) is 10.6 Å². The molecule has 4 unspecified atom stereocenters. The minimum absolute atomic E-state index is 0.0936. The lowest BCUT2D eigenvalue weighted by Gasteiger charge is -2.34. The van der Waals surface area contributed by atoms with Gasteiger partial charge in [0, 0.05) is 13.6 Å². The Morgan fingerprint density at radius 3 is 2.54 bits per heavy atom. The number of carbonyl (C=O) groups excluding carboxylic acids is 1. The van der Waals surface area contributed by atoms with Crippen molar-refractivity contribution in [2.45, 2.75) is 24.4 Å². The van der Waals surface area contributed by atoms with E-state index in [4.69, 9.17) is 5.11 Å². The van der Waals surface area contributed by atoms with Crippen molar-refractivity contribution in [2.24, 2.45) is 0 Å². The highest BCUT2D eigenvalue weighted by atomic mass is 16.4. The predicted molar refractivity (Wildman–Crippen MR) is 43.9 cm³/mol. The molecule has 0 aliphatic carbocycles. The Kier molecular flexibility index (Phi) is 3.21. The van der Waals surface area contributed by atoms with Gasteiger partial charge in [0.1, 0.15) is 18.2 Å². The zero-order valence-electron chi connectivity index (χ0n) is 7.27. The lowest BCUT2D eigenvalue weighted by molar-refractivity contribution is -0.137. The molecule has 76 valence electrons. The summed E-state index contributed by atoms with van der Waals surface area (Å²) in [4.78, 5) is 11.1. The Balaban J connectivity index is 2.63. The zero-order chi connectivity index (χ0) is 10.0. The molecule has 1 saturated heterocycles. The number of β-amino-alcohol motifs (C(OH)–C–C–N with tert-alkyl or cyclic N) is 1. The van der Waals surface area contributed by atoms with Crippen LogP contribution in [-0.4, -0.2) is 59.2 Å². The summed E-state index contributed by atoms with van der Waals surface area (Å²) >= 11 is 0. The van der Waals surface area contributed by atoms with Gasteiger partial charge in [0.15, 0.2) is 0 Å². The molecule has 6 nitrogen and oxygen atoms in total. The summed E-state index contributed by atoms with van der Waals surface area (Å²) in [6, 6.07) is -0.858. The maximum Gasteiger partial charge on any atom is 0.239 e. The van der Waals surface area contributed by atoms with E-state index in [9.17, 15) is 15.0 Å². The Hall–Kier alpha value is -0.690. The maximum atomic E-state index is 11.1. The summed E-state index contributed by atoms with van der Waals surface area (Å²) < 4.78 is 0. The maximum absolute atomic E-state index is 11.1. The highest BCUT2D eigenvalue weighted by Gasteiger charge is 2.39. The zero-order valence-corrected chi connectivity index (χ0v) is 7.27. The van der Waals surface area contributed by atoms with E-state index < -0.39 is 30.3 Å². The monoisotopic (exact) mass is 190 g/mol. The Labute approximate surface area is 75.6 Å². The van der Waals surface area contributed by atoms with Crippen molar-refractivity contribution in [3.8, 4) is 0 Å². The summed E-state index contributed by atoms with van der Waals surface area (Å²) in [7, 11) is 1.44. The molecule has 1 heterocycles. The third kappa shape index (κ3) is 1.97. The first-order valence-corrected chi connectivity index (χ1v) is 4.07. The second kappa shape index (κ2) is 4.01. The third-order valence-electron chi connectivity index (χ3n) is 2.16. The molecule has 0 spiro atoms. The van der Waals surface area contributed by atoms with Crippen LogP contribution >= 0.6 is 0 Å². The van der Waals surface area contributed by atoms with Gasteiger partial charge in [-0.05, 0) is 0 Å². The van der Waals surface area contributed by atoms with Gasteiger partial charge in [-0.2, -0.15) is 0 Å². The molecule has 0 radical (unpaired) electrons. The lowest BCUT2D eigenvalue weighted by Crippen LogP contribution is -2.64. The molecule has 0 aromatic rings. The smallest absolute Gasteiger partial charge is 0.239 e. The van der Waals surface area contributed by atoms with E-state index >= 15 is 0 Å². The molecule has 0 aromatic carbocycles. The number of carbonyl (C=O) groups is 1. The van der Waals surface area contributed by atoms with Gasteiger partial charge in [-0.1, -0.05) is 0 Å². The van der Waals surface area contributed by atoms with Gasteiger partial charge in [-0.15, -0.1) is 0 Å². The number of aliphatic hydroxyl groups is 3. The molecule has 1 rings (SSSR count). The van der Waals surface area contributed by atoms with E-state index in [1.165, 1.54) is 7.05 Å². The van der Waals surface area contributed by atoms with Gasteiger partial charge in [0.25, 0.3) is 0 Å². The standard InChI is InChI=1S/C7H14N2O4/c1-8-7(13)4-6(12)5(11)3(10)2-9-4/h3-6,9-12H,2H2,1H3,(H,8,13). The fourth-order valence-corrected chi connectivity index (χ4v) is 1.32. The van der Waals surface area contributed by atoms with Crippen molar-refractivity contribution in [2.75, 3.05) is 13.6 Å². The number of rotatable bonds is 1. The summed E-state index contributed by atoms with van der Waals surface area (Å²) in [5.74, 6) is -0.404. The highest BCUT2D eigenvalue weighted by Crippen LogP contribution is 2.10. The van der Waals surface area contributed by atoms with Crippen LogP contribution in [0.3, 0.4) is 0 Å². The minimum Gasteiger partial charge on any atom is -0.389 e. The topological polar surface area (TPSA) is 102 Å². The average Bonchev–Trinajstić information content (AvgIpc) is 2.13. The fourth-order valence-electron chi connectivity index (χ4n) is 1.32. The Bertz CT molecular complexity index is 199. The molecule has 0 aromatic heterocycles. The van der Waals surface area contributed by atoms with Crippen molar-refractivity contribution in [3.63, 3.8) is 0 Å². The molecular weight excluding hydrogens is 176 g/mol. The normalized spacial score (nSPS) is 40.0. The molecule has 4 atom stereocenters. The molecule has 13 heavy (non-hydrogen) atoms. The van der Waals surface area contributed by atoms with E-state index in [1.807, 2.05) is 0 Å². The van der Waals surface area contributed by atoms with Gasteiger partial charge in [-0.3, -0.25) is 4.79 Å². The predicted octanol–water partition coefficient (Wildman–Crippen LogP) is -3.21. The number of nitrogens with one attached hydrogen (secondary N) is 2. The van der Waals surface area contributed by atoms with Crippen LogP contribution in [0, 0.1) is 0 Å². The van der Waals surface area contributed by atoms with E-state index in [0.29, 0.717) is 0 Å². The number of amides is 1. The van der Waals surface area contributed by atoms with Crippen LogP contribution in [0.5, 0.6) is 0 Å². The first-order valence-electron chi connectivity index (χ1n) is 4.07. The number of likely N-dealkylation sites (N-methyl/N-ethyl adjacent to an activating group) is 1. The summed E-state index contributed by atoms with van der Waals surface area (Å²) in [5.41, 5.74) is 0. The van der Waals surface area contributed by atoms with Crippen LogP contribution in [0.4, 0.5) is 0 Å². The average molecular weight is 190 g/mol. The van der Waals surface area contributed by atoms with Gasteiger partial charge < -0.3 is 26.0 Å². The van der Waals surface area contributed by atoms with Crippen molar-refractivity contribution in [3.05, 3.63) is 0 Å². The van der Waals surface area contributed by atoms with E-state index in [-0.39, 0.29) is 6.54 Å². The lowest BCUT2D eigenvalue weighted by atomic mass is 9.95. The first kappa shape index (κ1) is 10.4. The van der Waals surface area contributed by atoms with Gasteiger partial charge in [0.05, 0.1) is 6.10 Å². The quantitative estimate of drug-likeness (QED) is 0.299. The van der Waals surface area contributed by atoms with Crippen molar-refractivity contribution in [1.82, 2.24) is 10.6 Å². The molecule has 1 fully saturated rings. The van der Waals surface area contributed by atoms with Crippen molar-refractivity contribution >= 4 is 5.91 Å². The molecule has 1 amide bonds. The Morgan fingerprint density at radius 1 is 1.38 bits per heavy atom. The molecule has 1 aliphatic rings. The SMILES string of the molecule is CNC(=O)C1NCC(O)C(O)C1O. The summed E-state index contributed by atoms with van der Waals surface area (Å²) in [6.45, 7) is 0.0936. The van der Waals surface area contributed by atoms with Crippen LogP contribution < -0.4 is 10.6 Å². The Morgan fingerprint density at radius 2 is 2.00 bits per heavy atom. The van der Waals surface area contributed by atoms with E-state index in [1.54, 1.807) is 0 Å². The number of hydrogen-bond acceptors (Lipinski definition) is 5. The molecular formula is C7H14N2O4. The van der Waals surface area contributed by atoms with Gasteiger partial charge >= 0.3 is 0 Å². The second-order valence-electron chi connectivity index (χ2n) is 3.05. The minimum atomic E-state index is -1.27. The highest BCUT2D eigenvalue weighted by molar-refractivity contribution is 5.82. The molecule has 0 saturated carbocycles. The molecule has 6 heteroatoms. The fraction of sp³-hybridized carbons (Fsp3) is 0.857. The number of piperidine rings is 1. The largest absolute Gasteiger partial charge is 0.389 e. The van der Waals surface area contributed by atoms with Crippen LogP contribution in [0.2, 0.25) is 0 Å². The first-order chi connectivity index (χ1) is 6.07. The summed E-state index contributed by atoms with van der Waals surface area (Å²) in [5, 5.41) is 32.7. The van der Waals surface area contributed by atoms with Crippen LogP contribution in [-0.2, 0) is 4.79 Å². The van der Waals surface area contributed by atoms with E-state index in [0.717, 1.165) is 0 Å². The van der Waals surface area contributed by atoms with Crippen LogP contribution in [0.25, 0.3) is 0 Å². The number of hydrogen-bond donors (Lipinski definition) is 5. The molecule has 1 aliphatic heterocycles. The van der Waals surface area contributed by atoms with Gasteiger partial charge in [0.2, 0.25) is 5.91 Å². The van der Waals surface area contributed by atoms with Crippen LogP contribution in [0.15, 0.2) is 0 Å². The number of aliphatic hydroxyl groups excluding tert-OH is 3. The second-order valence-corrected chi connectivity index (χ2v) is 3.05. The molecule has 5 N–H and O–H groups in total. The van der Waals surface area contributed by atoms with Gasteiger partial charge in [-0.25, -0.2) is 0 Å². The van der Waals surface area contributed by atoms with Crippen molar-refractivity contribution in [1.29, 1.82) is 0 Å². The third-order valence-corrected chi connectivity index (χ3v) is 2.16.